The largest absolute Gasteiger partial charge is 0.339 e. The Labute approximate surface area is 190 Å². The van der Waals surface area contributed by atoms with Crippen molar-refractivity contribution in [3.8, 4) is 0 Å². The van der Waals surface area contributed by atoms with Gasteiger partial charge in [-0.2, -0.15) is 5.10 Å². The van der Waals surface area contributed by atoms with Crippen LogP contribution in [0.1, 0.15) is 91.9 Å². The number of nitrogens with one attached hydrogen (secondary N) is 1. The molecule has 32 heavy (non-hydrogen) atoms. The number of aromatic nitrogens is 3. The lowest BCUT2D eigenvalue weighted by molar-refractivity contribution is -0.135. The Bertz CT molecular complexity index is 891. The molecule has 4 rings (SSSR count). The molecule has 1 N–H and O–H groups in total. The Kier molecular flexibility index (Phi) is 7.55. The van der Waals surface area contributed by atoms with Gasteiger partial charge in [0.25, 0.3) is 5.91 Å². The lowest BCUT2D eigenvalue weighted by atomic mass is 9.93. The fourth-order valence-corrected chi connectivity index (χ4v) is 5.21. The first-order chi connectivity index (χ1) is 15.6. The van der Waals surface area contributed by atoms with E-state index in [0.29, 0.717) is 18.0 Å². The molecule has 7 heteroatoms. The minimum atomic E-state index is -0.0987. The Morgan fingerprint density at radius 1 is 1.09 bits per heavy atom. The third kappa shape index (κ3) is 5.19. The van der Waals surface area contributed by atoms with Crippen LogP contribution in [0.5, 0.6) is 0 Å². The van der Waals surface area contributed by atoms with Gasteiger partial charge in [-0.05, 0) is 62.6 Å². The zero-order valence-electron chi connectivity index (χ0n) is 19.1. The van der Waals surface area contributed by atoms with Crippen molar-refractivity contribution >= 4 is 11.8 Å². The second kappa shape index (κ2) is 10.7. The summed E-state index contributed by atoms with van der Waals surface area (Å²) in [5.74, 6) is 0.189. The zero-order chi connectivity index (χ0) is 22.3. The molecule has 0 spiro atoms. The second-order valence-electron chi connectivity index (χ2n) is 9.21. The van der Waals surface area contributed by atoms with Crippen LogP contribution in [-0.4, -0.2) is 56.4 Å². The van der Waals surface area contributed by atoms with Crippen LogP contribution in [0.25, 0.3) is 0 Å². The lowest BCUT2D eigenvalue weighted by Crippen LogP contribution is -2.41. The molecular weight excluding hydrogens is 402 g/mol. The molecule has 0 unspecified atom stereocenters. The van der Waals surface area contributed by atoms with Gasteiger partial charge in [0.1, 0.15) is 0 Å². The van der Waals surface area contributed by atoms with Crippen molar-refractivity contribution in [2.75, 3.05) is 13.6 Å². The molecule has 0 radical (unpaired) electrons. The molecule has 2 amide bonds. The molecule has 0 aromatic carbocycles. The van der Waals surface area contributed by atoms with Crippen molar-refractivity contribution in [3.05, 3.63) is 47.5 Å². The molecule has 1 saturated carbocycles. The van der Waals surface area contributed by atoms with Gasteiger partial charge in [0.2, 0.25) is 5.91 Å². The topological polar surface area (TPSA) is 82.2 Å². The normalized spacial score (nSPS) is 19.7. The maximum absolute atomic E-state index is 13.3. The number of amides is 2. The maximum atomic E-state index is 13.3. The predicted molar refractivity (Wildman–Crippen MR) is 123 cm³/mol. The fourth-order valence-electron chi connectivity index (χ4n) is 5.21. The molecule has 2 aliphatic rings. The van der Waals surface area contributed by atoms with Gasteiger partial charge in [0, 0.05) is 38.4 Å². The molecule has 2 aromatic heterocycles. The van der Waals surface area contributed by atoms with Crippen LogP contribution in [0.4, 0.5) is 0 Å². The van der Waals surface area contributed by atoms with Crippen molar-refractivity contribution < 1.29 is 9.59 Å². The van der Waals surface area contributed by atoms with Crippen molar-refractivity contribution in [1.82, 2.24) is 25.0 Å². The number of hydrogen-bond donors (Lipinski definition) is 1. The molecule has 7 nitrogen and oxygen atoms in total. The van der Waals surface area contributed by atoms with Crippen molar-refractivity contribution in [2.24, 2.45) is 0 Å². The lowest BCUT2D eigenvalue weighted by Gasteiger charge is -2.36. The first-order valence-electron chi connectivity index (χ1n) is 12.1. The smallest absolute Gasteiger partial charge is 0.257 e. The maximum Gasteiger partial charge on any atom is 0.257 e. The number of nitrogens with zero attached hydrogens (tertiary/aromatic N) is 4. The summed E-state index contributed by atoms with van der Waals surface area (Å²) in [6.07, 6.45) is 16.1. The van der Waals surface area contributed by atoms with E-state index < -0.39 is 0 Å². The summed E-state index contributed by atoms with van der Waals surface area (Å²) < 4.78 is 0. The monoisotopic (exact) mass is 437 g/mol. The van der Waals surface area contributed by atoms with Crippen LogP contribution in [0.3, 0.4) is 0 Å². The number of H-pyrrole nitrogens is 1. The van der Waals surface area contributed by atoms with Crippen LogP contribution in [-0.2, 0) is 11.2 Å². The van der Waals surface area contributed by atoms with Crippen molar-refractivity contribution in [2.45, 2.75) is 82.7 Å². The molecule has 1 aliphatic heterocycles. The number of piperidine rings is 1. The molecule has 1 saturated heterocycles. The number of carbonyl (C=O) groups is 2. The van der Waals surface area contributed by atoms with Crippen LogP contribution in [0.15, 0.2) is 30.7 Å². The first-order valence-corrected chi connectivity index (χ1v) is 12.1. The average molecular weight is 438 g/mol. The van der Waals surface area contributed by atoms with Crippen LogP contribution in [0.2, 0.25) is 0 Å². The highest BCUT2D eigenvalue weighted by Gasteiger charge is 2.33. The fraction of sp³-hybridized carbons (Fsp3) is 0.600. The summed E-state index contributed by atoms with van der Waals surface area (Å²) in [6, 6.07) is 4.20. The summed E-state index contributed by atoms with van der Waals surface area (Å²) in [5.41, 5.74) is 2.63. The summed E-state index contributed by atoms with van der Waals surface area (Å²) in [7, 11) is 1.91. The van der Waals surface area contributed by atoms with Gasteiger partial charge >= 0.3 is 0 Å². The molecule has 2 fully saturated rings. The first kappa shape index (κ1) is 22.5. The zero-order valence-corrected chi connectivity index (χ0v) is 19.1. The van der Waals surface area contributed by atoms with E-state index in [-0.39, 0.29) is 17.9 Å². The number of carbonyl (C=O) groups excluding carboxylic acids is 2. The highest BCUT2D eigenvalue weighted by atomic mass is 16.2. The van der Waals surface area contributed by atoms with E-state index in [2.05, 4.69) is 15.2 Å². The number of aryl methyl sites for hydroxylation is 1. The number of pyridine rings is 1. The van der Waals surface area contributed by atoms with E-state index in [1.807, 2.05) is 29.0 Å². The van der Waals surface area contributed by atoms with Gasteiger partial charge in [0.15, 0.2) is 0 Å². The predicted octanol–water partition coefficient (Wildman–Crippen LogP) is 4.29. The van der Waals surface area contributed by atoms with Crippen LogP contribution < -0.4 is 0 Å². The minimum absolute atomic E-state index is 0.0244. The van der Waals surface area contributed by atoms with Crippen molar-refractivity contribution in [3.63, 3.8) is 0 Å². The Morgan fingerprint density at radius 2 is 1.84 bits per heavy atom. The third-order valence-corrected chi connectivity index (χ3v) is 7.10. The third-order valence-electron chi connectivity index (χ3n) is 7.10. The minimum Gasteiger partial charge on any atom is -0.339 e. The summed E-state index contributed by atoms with van der Waals surface area (Å²) in [4.78, 5) is 34.4. The van der Waals surface area contributed by atoms with Gasteiger partial charge in [-0.25, -0.2) is 0 Å². The van der Waals surface area contributed by atoms with E-state index in [1.165, 1.54) is 24.8 Å². The molecular formula is C25H35N5O2. The SMILES string of the molecule is CN(C(=O)c1cn[nH]c1[C@@H]1CCCCN1C(=O)CCCc1ccncc1)C1CCCCC1. The van der Waals surface area contributed by atoms with E-state index >= 15 is 0 Å². The molecule has 1 aliphatic carbocycles. The summed E-state index contributed by atoms with van der Waals surface area (Å²) in [6.45, 7) is 0.740. The Morgan fingerprint density at radius 3 is 2.62 bits per heavy atom. The standard InChI is InChI=1S/C25H35N5O2/c1-29(20-9-3-2-4-10-20)25(32)21-18-27-28-24(21)22-11-5-6-17-30(22)23(31)12-7-8-19-13-15-26-16-14-19/h13-16,18,20,22H,2-12,17H2,1H3,(H,27,28)/t22-/m0/s1. The quantitative estimate of drug-likeness (QED) is 0.701. The second-order valence-corrected chi connectivity index (χ2v) is 9.21. The van der Waals surface area contributed by atoms with E-state index in [0.717, 1.165) is 57.2 Å². The van der Waals surface area contributed by atoms with E-state index in [9.17, 15) is 9.59 Å². The molecule has 3 heterocycles. The van der Waals surface area contributed by atoms with E-state index in [1.54, 1.807) is 18.6 Å². The van der Waals surface area contributed by atoms with Crippen LogP contribution >= 0.6 is 0 Å². The molecule has 1 atom stereocenters. The number of likely N-dealkylation sites (tertiary alicyclic amines) is 1. The summed E-state index contributed by atoms with van der Waals surface area (Å²) in [5, 5.41) is 7.31. The molecule has 2 aromatic rings. The van der Waals surface area contributed by atoms with Gasteiger partial charge in [-0.1, -0.05) is 19.3 Å². The number of rotatable bonds is 7. The summed E-state index contributed by atoms with van der Waals surface area (Å²) >= 11 is 0. The number of aromatic amines is 1. The Balaban J connectivity index is 1.43. The van der Waals surface area contributed by atoms with Gasteiger partial charge in [0.05, 0.1) is 23.5 Å². The molecule has 172 valence electrons. The van der Waals surface area contributed by atoms with E-state index in [4.69, 9.17) is 0 Å². The average Bonchev–Trinajstić information content (AvgIpc) is 3.34. The van der Waals surface area contributed by atoms with Crippen LogP contribution in [0, 0.1) is 0 Å². The van der Waals surface area contributed by atoms with Gasteiger partial charge in [-0.15, -0.1) is 0 Å². The molecule has 0 bridgehead atoms. The highest BCUT2D eigenvalue weighted by Crippen LogP contribution is 2.33. The highest BCUT2D eigenvalue weighted by molar-refractivity contribution is 5.95. The van der Waals surface area contributed by atoms with Gasteiger partial charge in [-0.3, -0.25) is 19.7 Å². The number of hydrogen-bond acceptors (Lipinski definition) is 4. The van der Waals surface area contributed by atoms with Crippen molar-refractivity contribution in [1.29, 1.82) is 0 Å². The Hall–Kier alpha value is -2.70. The van der Waals surface area contributed by atoms with Gasteiger partial charge < -0.3 is 9.80 Å².